The van der Waals surface area contributed by atoms with E-state index < -0.39 is 24.1 Å². The zero-order valence-electron chi connectivity index (χ0n) is 10.2. The van der Waals surface area contributed by atoms with Gasteiger partial charge in [0.2, 0.25) is 0 Å². The number of hydrogen-bond donors (Lipinski definition) is 3. The minimum atomic E-state index is -1.10. The molecule has 1 fully saturated rings. The number of aromatic nitrogens is 4. The highest BCUT2D eigenvalue weighted by molar-refractivity contribution is 5.83. The first-order valence-corrected chi connectivity index (χ1v) is 5.70. The zero-order valence-corrected chi connectivity index (χ0v) is 10.2. The quantitative estimate of drug-likeness (QED) is 0.625. The molecule has 1 aromatic heterocycles. The summed E-state index contributed by atoms with van der Waals surface area (Å²) in [4.78, 5) is 24.3. The summed E-state index contributed by atoms with van der Waals surface area (Å²) in [6, 6.07) is -1.94. The summed E-state index contributed by atoms with van der Waals surface area (Å²) >= 11 is 0. The largest absolute Gasteiger partial charge is 0.480 e. The molecule has 1 aromatic rings. The van der Waals surface area contributed by atoms with Gasteiger partial charge in [0.05, 0.1) is 19.3 Å². The maximum atomic E-state index is 12.0. The van der Waals surface area contributed by atoms with Crippen molar-refractivity contribution in [1.29, 1.82) is 0 Å². The molecule has 104 valence electrons. The number of ether oxygens (including phenoxy) is 1. The van der Waals surface area contributed by atoms with Gasteiger partial charge in [0.25, 0.3) is 0 Å². The number of H-pyrrole nitrogens is 1. The van der Waals surface area contributed by atoms with E-state index >= 15 is 0 Å². The second-order valence-corrected chi connectivity index (χ2v) is 4.06. The summed E-state index contributed by atoms with van der Waals surface area (Å²) in [5, 5.41) is 24.8. The summed E-state index contributed by atoms with van der Waals surface area (Å²) in [6.07, 6.45) is 0. The van der Waals surface area contributed by atoms with Crippen molar-refractivity contribution in [3.63, 3.8) is 0 Å². The van der Waals surface area contributed by atoms with Gasteiger partial charge in [-0.25, -0.2) is 9.59 Å². The molecule has 3 N–H and O–H groups in total. The van der Waals surface area contributed by atoms with Gasteiger partial charge in [0, 0.05) is 6.54 Å². The number of morpholine rings is 1. The topological polar surface area (TPSA) is 133 Å². The number of carbonyl (C=O) groups is 2. The van der Waals surface area contributed by atoms with Crippen LogP contribution in [0.1, 0.15) is 18.8 Å². The van der Waals surface area contributed by atoms with E-state index in [1.54, 1.807) is 6.92 Å². The van der Waals surface area contributed by atoms with E-state index in [1.165, 1.54) is 4.90 Å². The highest BCUT2D eigenvalue weighted by Crippen LogP contribution is 2.10. The summed E-state index contributed by atoms with van der Waals surface area (Å²) in [6.45, 7) is 2.20. The lowest BCUT2D eigenvalue weighted by Crippen LogP contribution is -2.55. The molecular formula is C9H14N6O4. The molecule has 0 radical (unpaired) electrons. The normalized spacial score (nSPS) is 20.9. The van der Waals surface area contributed by atoms with Gasteiger partial charge in [-0.3, -0.25) is 0 Å². The average Bonchev–Trinajstić information content (AvgIpc) is 2.92. The van der Waals surface area contributed by atoms with Gasteiger partial charge < -0.3 is 20.1 Å². The van der Waals surface area contributed by atoms with Crippen molar-refractivity contribution in [3.8, 4) is 0 Å². The number of tetrazole rings is 1. The Balaban J connectivity index is 2.00. The molecule has 10 heteroatoms. The van der Waals surface area contributed by atoms with E-state index in [2.05, 4.69) is 25.9 Å². The number of nitrogens with one attached hydrogen (secondary N) is 2. The molecule has 2 heterocycles. The number of carboxylic acids is 1. The van der Waals surface area contributed by atoms with Crippen LogP contribution in [0.5, 0.6) is 0 Å². The minimum Gasteiger partial charge on any atom is -0.480 e. The van der Waals surface area contributed by atoms with E-state index in [0.717, 1.165) is 0 Å². The summed E-state index contributed by atoms with van der Waals surface area (Å²) in [5.74, 6) is -0.768. The van der Waals surface area contributed by atoms with Crippen LogP contribution in [-0.4, -0.2) is 68.4 Å². The number of rotatable bonds is 3. The van der Waals surface area contributed by atoms with E-state index in [0.29, 0.717) is 12.4 Å². The molecule has 1 aliphatic rings. The van der Waals surface area contributed by atoms with Gasteiger partial charge in [0.1, 0.15) is 0 Å². The number of aromatic amines is 1. The molecule has 1 aliphatic heterocycles. The van der Waals surface area contributed by atoms with Gasteiger partial charge in [-0.1, -0.05) is 5.21 Å². The highest BCUT2D eigenvalue weighted by atomic mass is 16.5. The number of nitrogens with zero attached hydrogens (tertiary/aromatic N) is 4. The first-order chi connectivity index (χ1) is 9.09. The number of hydrogen-bond acceptors (Lipinski definition) is 6. The van der Waals surface area contributed by atoms with Crippen LogP contribution in [0.15, 0.2) is 0 Å². The van der Waals surface area contributed by atoms with Gasteiger partial charge in [-0.15, -0.1) is 10.2 Å². The lowest BCUT2D eigenvalue weighted by Gasteiger charge is -2.33. The smallest absolute Gasteiger partial charge is 0.328 e. The molecule has 19 heavy (non-hydrogen) atoms. The molecular weight excluding hydrogens is 256 g/mol. The van der Waals surface area contributed by atoms with Crippen molar-refractivity contribution in [2.45, 2.75) is 19.0 Å². The monoisotopic (exact) mass is 270 g/mol. The molecule has 10 nitrogen and oxygen atoms in total. The fourth-order valence-corrected chi connectivity index (χ4v) is 1.74. The highest BCUT2D eigenvalue weighted by Gasteiger charge is 2.33. The maximum Gasteiger partial charge on any atom is 0.328 e. The first kappa shape index (κ1) is 13.2. The van der Waals surface area contributed by atoms with Gasteiger partial charge in [-0.2, -0.15) is 5.21 Å². The van der Waals surface area contributed by atoms with E-state index in [-0.39, 0.29) is 13.2 Å². The van der Waals surface area contributed by atoms with Crippen LogP contribution in [0.25, 0.3) is 0 Å². The Bertz CT molecular complexity index is 450. The SMILES string of the molecule is CC(NC(=O)N1CCOCC1C(=O)O)c1nn[nH]n1. The standard InChI is InChI=1S/C9H14N6O4/c1-5(7-11-13-14-12-7)10-9(18)15-2-3-19-4-6(15)8(16)17/h5-6H,2-4H2,1H3,(H,10,18)(H,16,17)(H,11,12,13,14). The Morgan fingerprint density at radius 2 is 2.42 bits per heavy atom. The molecule has 2 atom stereocenters. The molecule has 2 rings (SSSR count). The summed E-state index contributed by atoms with van der Waals surface area (Å²) < 4.78 is 5.06. The van der Waals surface area contributed by atoms with Crippen molar-refractivity contribution in [2.24, 2.45) is 0 Å². The number of urea groups is 1. The van der Waals surface area contributed by atoms with Crippen LogP contribution < -0.4 is 5.32 Å². The minimum absolute atomic E-state index is 0.0145. The molecule has 0 saturated carbocycles. The molecule has 0 spiro atoms. The third kappa shape index (κ3) is 2.96. The maximum absolute atomic E-state index is 12.0. The van der Waals surface area contributed by atoms with Crippen LogP contribution in [0.4, 0.5) is 4.79 Å². The van der Waals surface area contributed by atoms with Crippen molar-refractivity contribution in [1.82, 2.24) is 30.8 Å². The molecule has 2 unspecified atom stereocenters. The second-order valence-electron chi connectivity index (χ2n) is 4.06. The zero-order chi connectivity index (χ0) is 13.8. The third-order valence-electron chi connectivity index (χ3n) is 2.76. The lowest BCUT2D eigenvalue weighted by atomic mass is 10.2. The second kappa shape index (κ2) is 5.61. The Morgan fingerprint density at radius 1 is 1.63 bits per heavy atom. The van der Waals surface area contributed by atoms with Crippen LogP contribution in [0, 0.1) is 0 Å². The average molecular weight is 270 g/mol. The van der Waals surface area contributed by atoms with Crippen LogP contribution in [0.3, 0.4) is 0 Å². The molecule has 0 aliphatic carbocycles. The van der Waals surface area contributed by atoms with Crippen molar-refractivity contribution in [3.05, 3.63) is 5.82 Å². The Labute approximate surface area is 108 Å². The van der Waals surface area contributed by atoms with Gasteiger partial charge in [-0.05, 0) is 6.92 Å². The number of carboxylic acid groups (broad SMARTS) is 1. The Hall–Kier alpha value is -2.23. The number of amides is 2. The fraction of sp³-hybridized carbons (Fsp3) is 0.667. The summed E-state index contributed by atoms with van der Waals surface area (Å²) in [7, 11) is 0. The first-order valence-electron chi connectivity index (χ1n) is 5.70. The predicted molar refractivity (Wildman–Crippen MR) is 60.1 cm³/mol. The molecule has 0 aromatic carbocycles. The van der Waals surface area contributed by atoms with Crippen LogP contribution in [-0.2, 0) is 9.53 Å². The molecule has 0 bridgehead atoms. The van der Waals surface area contributed by atoms with Crippen molar-refractivity contribution >= 4 is 12.0 Å². The number of carbonyl (C=O) groups excluding carboxylic acids is 1. The Kier molecular flexibility index (Phi) is 3.90. The van der Waals surface area contributed by atoms with E-state index in [4.69, 9.17) is 9.84 Å². The number of aliphatic carboxylic acids is 1. The van der Waals surface area contributed by atoms with Crippen LogP contribution in [0.2, 0.25) is 0 Å². The third-order valence-corrected chi connectivity index (χ3v) is 2.76. The Morgan fingerprint density at radius 3 is 3.05 bits per heavy atom. The lowest BCUT2D eigenvalue weighted by molar-refractivity contribution is -0.147. The van der Waals surface area contributed by atoms with Crippen molar-refractivity contribution in [2.75, 3.05) is 19.8 Å². The van der Waals surface area contributed by atoms with Gasteiger partial charge >= 0.3 is 12.0 Å². The fourth-order valence-electron chi connectivity index (χ4n) is 1.74. The van der Waals surface area contributed by atoms with E-state index in [9.17, 15) is 9.59 Å². The van der Waals surface area contributed by atoms with Crippen LogP contribution >= 0.6 is 0 Å². The summed E-state index contributed by atoms with van der Waals surface area (Å²) in [5.41, 5.74) is 0. The van der Waals surface area contributed by atoms with Crippen molar-refractivity contribution < 1.29 is 19.4 Å². The predicted octanol–water partition coefficient (Wildman–Crippen LogP) is -1.24. The molecule has 1 saturated heterocycles. The van der Waals surface area contributed by atoms with Gasteiger partial charge in [0.15, 0.2) is 11.9 Å². The van der Waals surface area contributed by atoms with E-state index in [1.807, 2.05) is 0 Å². The molecule has 2 amide bonds.